The van der Waals surface area contributed by atoms with Gasteiger partial charge in [-0.1, -0.05) is 323 Å². The molecule has 0 amide bonds. The smallest absolute Gasteiger partial charge is 0.397 e. The number of rotatable bonds is 60. The molecule has 2 atom stereocenters. The Morgan fingerprint density at radius 1 is 0.322 bits per heavy atom. The van der Waals surface area contributed by atoms with Crippen LogP contribution in [0.25, 0.3) is 0 Å². The predicted octanol–water partition coefficient (Wildman–Crippen LogP) is 28.1. The van der Waals surface area contributed by atoms with Crippen LogP contribution in [-0.2, 0) is 30.9 Å². The summed E-state index contributed by atoms with van der Waals surface area (Å²) >= 11 is 0. The second-order valence-corrected chi connectivity index (χ2v) is 30.4. The highest BCUT2D eigenvalue weighted by Gasteiger charge is 2.42. The van der Waals surface area contributed by atoms with E-state index in [0.717, 1.165) is 62.9 Å². The van der Waals surface area contributed by atoms with Gasteiger partial charge in [0, 0.05) is 0 Å². The second-order valence-electron chi connectivity index (χ2n) is 28.2. The van der Waals surface area contributed by atoms with Gasteiger partial charge in [0.1, 0.15) is 11.5 Å². The number of unbranched alkanes of at least 4 members (excludes halogenated alkanes) is 40. The molecule has 504 valence electrons. The van der Waals surface area contributed by atoms with E-state index in [0.29, 0.717) is 25.0 Å². The lowest BCUT2D eigenvalue weighted by Crippen LogP contribution is -2.38. The van der Waals surface area contributed by atoms with Gasteiger partial charge in [-0.15, -0.1) is 0 Å². The van der Waals surface area contributed by atoms with E-state index < -0.39 is 17.2 Å². The van der Waals surface area contributed by atoms with Crippen LogP contribution in [0.1, 0.15) is 387 Å². The fourth-order valence-corrected chi connectivity index (χ4v) is 16.4. The van der Waals surface area contributed by atoms with E-state index in [2.05, 4.69) is 90.1 Å². The summed E-state index contributed by atoms with van der Waals surface area (Å²) in [6.45, 7) is 15.8. The third-order valence-corrected chi connectivity index (χ3v) is 22.6. The van der Waals surface area contributed by atoms with Crippen molar-refractivity contribution < 1.29 is 27.1 Å². The molecule has 6 nitrogen and oxygen atoms in total. The molecule has 2 aromatic rings. The molecule has 2 aromatic carbocycles. The number of hydrogen-bond donors (Lipinski definition) is 0. The zero-order chi connectivity index (χ0) is 61.8. The molecule has 2 aliphatic carbocycles. The third kappa shape index (κ3) is 39.8. The third-order valence-electron chi connectivity index (χ3n) is 20.1. The minimum atomic E-state index is -1.48. The molecule has 4 rings (SSSR count). The summed E-state index contributed by atoms with van der Waals surface area (Å²) in [6, 6.07) is 17.7. The molecule has 2 unspecified atom stereocenters. The average molecular weight is 1250 g/mol. The molecule has 0 N–H and O–H groups in total. The maximum Gasteiger partial charge on any atom is 0.397 e. The van der Waals surface area contributed by atoms with Gasteiger partial charge in [0.05, 0.1) is 25.4 Å². The summed E-state index contributed by atoms with van der Waals surface area (Å²) in [4.78, 5) is 0. The molecule has 0 bridgehead atoms. The van der Waals surface area contributed by atoms with Crippen LogP contribution in [0.4, 0.5) is 0 Å². The van der Waals surface area contributed by atoms with Gasteiger partial charge in [0.2, 0.25) is 0 Å². The first kappa shape index (κ1) is 78.2. The molecule has 8 heteroatoms. The van der Waals surface area contributed by atoms with Crippen LogP contribution in [0.2, 0.25) is 0 Å². The van der Waals surface area contributed by atoms with Crippen molar-refractivity contribution in [3.63, 3.8) is 0 Å². The van der Waals surface area contributed by atoms with Gasteiger partial charge >= 0.3 is 17.2 Å². The average Bonchev–Trinajstić information content (AvgIpc) is 2.88. The lowest BCUT2D eigenvalue weighted by molar-refractivity contribution is 0.00601. The standard InChI is InChI=1S/C79H142O6P2/c1-7-11-15-19-23-27-31-35-39-43-47-53-71-55-51-57-77(69-71)84-86(80-67-49-45-41-37-33-29-25-21-17-13-9-3)82-75-63-59-73(60-64-75)79(5,6)74-61-65-76(66-62-74)83-87(81-68-50-46-42-38-34-30-26-22-18-14-10-4)85-78-58-52-56-72(70-78)54-48-44-40-36-32-28-24-20-16-12-8-2/h51-52,55-58,69-70,73-76H,7-50,53-54,59-68H2,1-6H3. The summed E-state index contributed by atoms with van der Waals surface area (Å²) < 4.78 is 40.5. The molecule has 0 aliphatic heterocycles. The molecule has 2 aliphatic rings. The van der Waals surface area contributed by atoms with E-state index in [4.69, 9.17) is 27.1 Å². The monoisotopic (exact) mass is 1250 g/mol. The first-order valence-corrected chi connectivity index (χ1v) is 40.8. The number of benzene rings is 2. The summed E-state index contributed by atoms with van der Waals surface area (Å²) in [5.41, 5.74) is 3.00. The molecule has 0 heterocycles. The first-order valence-electron chi connectivity index (χ1n) is 38.6. The Hall–Kier alpha value is -1.26. The van der Waals surface area contributed by atoms with Gasteiger partial charge in [-0.25, -0.2) is 0 Å². The van der Waals surface area contributed by atoms with Crippen LogP contribution >= 0.6 is 17.2 Å². The van der Waals surface area contributed by atoms with Crippen molar-refractivity contribution in [1.82, 2.24) is 0 Å². The summed E-state index contributed by atoms with van der Waals surface area (Å²) in [6.07, 6.45) is 71.2. The molecule has 2 saturated carbocycles. The van der Waals surface area contributed by atoms with Crippen LogP contribution in [0.3, 0.4) is 0 Å². The van der Waals surface area contributed by atoms with Crippen molar-refractivity contribution in [1.29, 1.82) is 0 Å². The van der Waals surface area contributed by atoms with Gasteiger partial charge in [0.15, 0.2) is 0 Å². The highest BCUT2D eigenvalue weighted by Crippen LogP contribution is 2.53. The Morgan fingerprint density at radius 3 is 0.851 bits per heavy atom. The summed E-state index contributed by atoms with van der Waals surface area (Å²) in [5, 5.41) is 0. The van der Waals surface area contributed by atoms with Crippen molar-refractivity contribution in [3.8, 4) is 11.5 Å². The Balaban J connectivity index is 1.24. The van der Waals surface area contributed by atoms with E-state index >= 15 is 0 Å². The molecule has 0 radical (unpaired) electrons. The summed E-state index contributed by atoms with van der Waals surface area (Å²) in [7, 11) is -2.96. The number of hydrogen-bond acceptors (Lipinski definition) is 6. The molecule has 0 spiro atoms. The van der Waals surface area contributed by atoms with E-state index in [1.807, 2.05) is 0 Å². The van der Waals surface area contributed by atoms with Crippen LogP contribution in [-0.4, -0.2) is 25.4 Å². The Labute approximate surface area is 543 Å². The minimum Gasteiger partial charge on any atom is -0.427 e. The van der Waals surface area contributed by atoms with Crippen molar-refractivity contribution in [2.24, 2.45) is 17.3 Å². The zero-order valence-corrected chi connectivity index (χ0v) is 60.2. The molecule has 0 aromatic heterocycles. The molecular weight excluding hydrogens is 1110 g/mol. The molecule has 87 heavy (non-hydrogen) atoms. The fraction of sp³-hybridized carbons (Fsp3) is 0.848. The van der Waals surface area contributed by atoms with Gasteiger partial charge in [0.25, 0.3) is 0 Å². The van der Waals surface area contributed by atoms with Gasteiger partial charge in [-0.05, 0) is 143 Å². The van der Waals surface area contributed by atoms with Gasteiger partial charge < -0.3 is 18.1 Å². The van der Waals surface area contributed by atoms with Crippen molar-refractivity contribution in [2.45, 2.75) is 400 Å². The maximum absolute atomic E-state index is 6.92. The lowest BCUT2D eigenvalue weighted by Gasteiger charge is -2.46. The van der Waals surface area contributed by atoms with E-state index in [-0.39, 0.29) is 17.6 Å². The zero-order valence-electron chi connectivity index (χ0n) is 58.4. The highest BCUT2D eigenvalue weighted by molar-refractivity contribution is 7.42. The van der Waals surface area contributed by atoms with Crippen LogP contribution in [0.15, 0.2) is 48.5 Å². The Kier molecular flexibility index (Phi) is 48.7. The summed E-state index contributed by atoms with van der Waals surface area (Å²) in [5.74, 6) is 3.18. The lowest BCUT2D eigenvalue weighted by atomic mass is 9.60. The predicted molar refractivity (Wildman–Crippen MR) is 381 cm³/mol. The topological polar surface area (TPSA) is 55.4 Å². The largest absolute Gasteiger partial charge is 0.427 e. The van der Waals surface area contributed by atoms with Crippen LogP contribution in [0.5, 0.6) is 11.5 Å². The molecule has 2 fully saturated rings. The van der Waals surface area contributed by atoms with E-state index in [1.54, 1.807) is 0 Å². The highest BCUT2D eigenvalue weighted by atomic mass is 31.2. The van der Waals surface area contributed by atoms with E-state index in [1.165, 1.54) is 306 Å². The van der Waals surface area contributed by atoms with Crippen molar-refractivity contribution >= 4 is 17.2 Å². The fourth-order valence-electron chi connectivity index (χ4n) is 14.0. The maximum atomic E-state index is 6.92. The SMILES string of the molecule is CCCCCCCCCCCCCOP(Oc1cccc(CCCCCCCCCCCCC)c1)OC1CCC(C(C)(C)C2CCC(OP(OCCCCCCCCCCCCC)Oc3cccc(CCCCCCCCCCCCC)c3)CC2)CC1. The minimum absolute atomic E-state index is 0.179. The van der Waals surface area contributed by atoms with Crippen LogP contribution < -0.4 is 9.05 Å². The van der Waals surface area contributed by atoms with Gasteiger partial charge in [-0.3, -0.25) is 9.05 Å². The van der Waals surface area contributed by atoms with Gasteiger partial charge in [-0.2, -0.15) is 0 Å². The van der Waals surface area contributed by atoms with E-state index in [9.17, 15) is 0 Å². The van der Waals surface area contributed by atoms with Crippen LogP contribution in [0, 0.1) is 17.3 Å². The van der Waals surface area contributed by atoms with Crippen molar-refractivity contribution in [3.05, 3.63) is 59.7 Å². The Morgan fingerprint density at radius 2 is 0.575 bits per heavy atom. The normalized spacial score (nSPS) is 18.1. The molecular formula is C79H142O6P2. The number of aryl methyl sites for hydroxylation is 2. The van der Waals surface area contributed by atoms with Crippen molar-refractivity contribution in [2.75, 3.05) is 13.2 Å². The second kappa shape index (κ2) is 54.2. The Bertz CT molecular complexity index is 1680. The quantitative estimate of drug-likeness (QED) is 0.0486. The first-order chi connectivity index (χ1) is 42.8. The molecule has 0 saturated heterocycles.